The maximum atomic E-state index is 5.51. The Kier molecular flexibility index (Phi) is 3.21. The molecule has 0 atom stereocenters. The number of nitrogens with two attached hydrogens (primary N) is 1. The van der Waals surface area contributed by atoms with E-state index in [9.17, 15) is 0 Å². The van der Waals surface area contributed by atoms with E-state index in [1.165, 1.54) is 24.0 Å². The molecule has 1 aromatic carbocycles. The number of benzene rings is 1. The maximum absolute atomic E-state index is 5.51. The van der Waals surface area contributed by atoms with Gasteiger partial charge in [0.25, 0.3) is 0 Å². The fraction of sp³-hybridized carbons (Fsp3) is 0.429. The number of fused-ring (bicyclic) bond motifs is 1. The molecule has 5 nitrogen and oxygen atoms in total. The van der Waals surface area contributed by atoms with Crippen LogP contribution in [0.3, 0.4) is 0 Å². The summed E-state index contributed by atoms with van der Waals surface area (Å²) < 4.78 is 10.5. The van der Waals surface area contributed by atoms with Gasteiger partial charge in [-0.25, -0.2) is 0 Å². The fourth-order valence-corrected chi connectivity index (χ4v) is 2.68. The monoisotopic (exact) mass is 259 g/mol. The lowest BCUT2D eigenvalue weighted by Gasteiger charge is -2.20. The van der Waals surface area contributed by atoms with Gasteiger partial charge in [0.2, 0.25) is 11.7 Å². The van der Waals surface area contributed by atoms with Crippen LogP contribution in [0, 0.1) is 0 Å². The highest BCUT2D eigenvalue weighted by atomic mass is 16.5. The van der Waals surface area contributed by atoms with Gasteiger partial charge in [-0.3, -0.25) is 0 Å². The Labute approximate surface area is 111 Å². The predicted molar refractivity (Wildman–Crippen MR) is 70.8 cm³/mol. The van der Waals surface area contributed by atoms with E-state index >= 15 is 0 Å². The second-order valence-corrected chi connectivity index (χ2v) is 4.70. The van der Waals surface area contributed by atoms with Crippen LogP contribution in [-0.2, 0) is 19.4 Å². The first kappa shape index (κ1) is 12.2. The Morgan fingerprint density at radius 2 is 2.05 bits per heavy atom. The van der Waals surface area contributed by atoms with Crippen LogP contribution < -0.4 is 10.5 Å². The van der Waals surface area contributed by atoms with Gasteiger partial charge in [0, 0.05) is 5.56 Å². The van der Waals surface area contributed by atoms with E-state index in [2.05, 4.69) is 10.1 Å². The number of methoxy groups -OCH3 is 1. The zero-order valence-corrected chi connectivity index (χ0v) is 11.0. The van der Waals surface area contributed by atoms with Crippen LogP contribution in [0.2, 0.25) is 0 Å². The van der Waals surface area contributed by atoms with E-state index in [1.807, 2.05) is 12.1 Å². The SMILES string of the molecule is COc1ccc(-c2noc(CN)n2)c2c1CCCC2. The summed E-state index contributed by atoms with van der Waals surface area (Å²) in [4.78, 5) is 4.32. The van der Waals surface area contributed by atoms with Crippen molar-refractivity contribution in [3.63, 3.8) is 0 Å². The Morgan fingerprint density at radius 3 is 2.74 bits per heavy atom. The lowest BCUT2D eigenvalue weighted by molar-refractivity contribution is 0.380. The molecule has 1 heterocycles. The van der Waals surface area contributed by atoms with Gasteiger partial charge < -0.3 is 15.0 Å². The van der Waals surface area contributed by atoms with Crippen LogP contribution in [0.5, 0.6) is 5.75 Å². The zero-order valence-electron chi connectivity index (χ0n) is 11.0. The zero-order chi connectivity index (χ0) is 13.2. The Bertz CT molecular complexity index is 592. The van der Waals surface area contributed by atoms with Crippen molar-refractivity contribution < 1.29 is 9.26 Å². The van der Waals surface area contributed by atoms with Crippen LogP contribution >= 0.6 is 0 Å². The summed E-state index contributed by atoms with van der Waals surface area (Å²) in [6, 6.07) is 3.99. The van der Waals surface area contributed by atoms with Crippen molar-refractivity contribution in [2.24, 2.45) is 5.73 Å². The molecule has 1 aliphatic rings. The second kappa shape index (κ2) is 5.01. The normalized spacial score (nSPS) is 14.2. The molecular formula is C14H17N3O2. The minimum Gasteiger partial charge on any atom is -0.496 e. The Hall–Kier alpha value is -1.88. The summed E-state index contributed by atoms with van der Waals surface area (Å²) in [6.07, 6.45) is 4.48. The lowest BCUT2D eigenvalue weighted by atomic mass is 9.87. The first-order valence-corrected chi connectivity index (χ1v) is 6.55. The van der Waals surface area contributed by atoms with E-state index in [1.54, 1.807) is 7.11 Å². The smallest absolute Gasteiger partial charge is 0.240 e. The molecule has 100 valence electrons. The quantitative estimate of drug-likeness (QED) is 0.913. The van der Waals surface area contributed by atoms with E-state index in [0.717, 1.165) is 24.2 Å². The van der Waals surface area contributed by atoms with Crippen LogP contribution in [0.1, 0.15) is 29.9 Å². The van der Waals surface area contributed by atoms with E-state index in [-0.39, 0.29) is 6.54 Å². The van der Waals surface area contributed by atoms with E-state index in [4.69, 9.17) is 15.0 Å². The van der Waals surface area contributed by atoms with E-state index < -0.39 is 0 Å². The summed E-state index contributed by atoms with van der Waals surface area (Å²) in [7, 11) is 1.71. The number of nitrogens with zero attached hydrogens (tertiary/aromatic N) is 2. The van der Waals surface area contributed by atoms with Gasteiger partial charge >= 0.3 is 0 Å². The van der Waals surface area contributed by atoms with E-state index in [0.29, 0.717) is 11.7 Å². The van der Waals surface area contributed by atoms with Gasteiger partial charge in [0.1, 0.15) is 5.75 Å². The summed E-state index contributed by atoms with van der Waals surface area (Å²) in [5.74, 6) is 2.05. The number of aromatic nitrogens is 2. The van der Waals surface area contributed by atoms with Crippen molar-refractivity contribution in [1.29, 1.82) is 0 Å². The third-order valence-electron chi connectivity index (χ3n) is 3.60. The molecule has 19 heavy (non-hydrogen) atoms. The molecule has 0 unspecified atom stereocenters. The molecule has 2 aromatic rings. The van der Waals surface area contributed by atoms with Crippen molar-refractivity contribution in [2.45, 2.75) is 32.2 Å². The molecule has 0 saturated heterocycles. The average Bonchev–Trinajstić information content (AvgIpc) is 2.95. The molecule has 0 aliphatic heterocycles. The first-order valence-electron chi connectivity index (χ1n) is 6.55. The van der Waals surface area contributed by atoms with Gasteiger partial charge in [0.15, 0.2) is 0 Å². The van der Waals surface area contributed by atoms with Crippen molar-refractivity contribution in [3.8, 4) is 17.1 Å². The van der Waals surface area contributed by atoms with Crippen LogP contribution in [0.25, 0.3) is 11.4 Å². The highest BCUT2D eigenvalue weighted by molar-refractivity contribution is 5.65. The van der Waals surface area contributed by atoms with Crippen LogP contribution in [0.4, 0.5) is 0 Å². The van der Waals surface area contributed by atoms with Crippen LogP contribution in [0.15, 0.2) is 16.7 Å². The molecule has 0 radical (unpaired) electrons. The summed E-state index contributed by atoms with van der Waals surface area (Å²) in [6.45, 7) is 0.269. The Morgan fingerprint density at radius 1 is 1.26 bits per heavy atom. The van der Waals surface area contributed by atoms with Gasteiger partial charge in [-0.2, -0.15) is 4.98 Å². The third-order valence-corrected chi connectivity index (χ3v) is 3.60. The molecule has 0 amide bonds. The minimum absolute atomic E-state index is 0.269. The minimum atomic E-state index is 0.269. The maximum Gasteiger partial charge on any atom is 0.240 e. The second-order valence-electron chi connectivity index (χ2n) is 4.70. The Balaban J connectivity index is 2.11. The molecule has 0 spiro atoms. The summed E-state index contributed by atoms with van der Waals surface area (Å²) in [5, 5.41) is 4.01. The molecule has 3 rings (SSSR count). The van der Waals surface area contributed by atoms with Gasteiger partial charge in [-0.1, -0.05) is 5.16 Å². The number of rotatable bonds is 3. The summed E-state index contributed by atoms with van der Waals surface area (Å²) in [5.41, 5.74) is 9.12. The predicted octanol–water partition coefficient (Wildman–Crippen LogP) is 2.08. The van der Waals surface area contributed by atoms with Crippen molar-refractivity contribution in [3.05, 3.63) is 29.2 Å². The molecule has 1 aliphatic carbocycles. The molecule has 5 heteroatoms. The van der Waals surface area contributed by atoms with Gasteiger partial charge in [-0.05, 0) is 48.9 Å². The molecule has 0 saturated carbocycles. The fourth-order valence-electron chi connectivity index (χ4n) is 2.68. The molecular weight excluding hydrogens is 242 g/mol. The standard InChI is InChI=1S/C14H17N3O2/c1-18-12-7-6-11(9-4-2-3-5-10(9)12)14-16-13(8-15)19-17-14/h6-7H,2-5,8,15H2,1H3. The molecule has 0 fully saturated rings. The third kappa shape index (κ3) is 2.10. The molecule has 1 aromatic heterocycles. The van der Waals surface area contributed by atoms with Crippen molar-refractivity contribution in [2.75, 3.05) is 7.11 Å². The average molecular weight is 259 g/mol. The first-order chi connectivity index (χ1) is 9.33. The van der Waals surface area contributed by atoms with Crippen molar-refractivity contribution in [1.82, 2.24) is 10.1 Å². The number of hydrogen-bond acceptors (Lipinski definition) is 5. The van der Waals surface area contributed by atoms with Crippen molar-refractivity contribution >= 4 is 0 Å². The summed E-state index contributed by atoms with van der Waals surface area (Å²) >= 11 is 0. The highest BCUT2D eigenvalue weighted by Gasteiger charge is 2.20. The molecule has 0 bridgehead atoms. The van der Waals surface area contributed by atoms with Gasteiger partial charge in [-0.15, -0.1) is 0 Å². The largest absolute Gasteiger partial charge is 0.496 e. The number of ether oxygens (including phenoxy) is 1. The highest BCUT2D eigenvalue weighted by Crippen LogP contribution is 2.35. The number of hydrogen-bond donors (Lipinski definition) is 1. The molecule has 2 N–H and O–H groups in total. The van der Waals surface area contributed by atoms with Crippen LogP contribution in [-0.4, -0.2) is 17.3 Å². The topological polar surface area (TPSA) is 74.2 Å². The lowest BCUT2D eigenvalue weighted by Crippen LogP contribution is -2.07. The van der Waals surface area contributed by atoms with Gasteiger partial charge in [0.05, 0.1) is 13.7 Å².